The smallest absolute Gasteiger partial charge is 0.157 e. The molecule has 2 atom stereocenters. The average Bonchev–Trinajstić information content (AvgIpc) is 2.48. The Morgan fingerprint density at radius 2 is 1.68 bits per heavy atom. The third-order valence-electron chi connectivity index (χ3n) is 4.64. The highest BCUT2D eigenvalue weighted by atomic mass is 35.5. The van der Waals surface area contributed by atoms with Crippen molar-refractivity contribution in [1.29, 1.82) is 0 Å². The molecular weight excluding hydrogens is 298 g/mol. The van der Waals surface area contributed by atoms with Gasteiger partial charge in [0.05, 0.1) is 0 Å². The average molecular weight is 320 g/mol. The first-order chi connectivity index (χ1) is 9.74. The van der Waals surface area contributed by atoms with Crippen molar-refractivity contribution in [2.45, 2.75) is 38.8 Å². The van der Waals surface area contributed by atoms with Crippen molar-refractivity contribution in [3.05, 3.63) is 58.7 Å². The normalized spacial score (nSPS) is 21.5. The zero-order valence-electron chi connectivity index (χ0n) is 11.5. The number of nitrogens with one attached hydrogen (secondary N) is 1. The lowest BCUT2D eigenvalue weighted by Gasteiger charge is -2.39. The largest absolute Gasteiger partial charge is 0.504 e. The molecule has 2 aromatic carbocycles. The van der Waals surface area contributed by atoms with Gasteiger partial charge in [-0.2, -0.15) is 0 Å². The van der Waals surface area contributed by atoms with Crippen LogP contribution in [0.2, 0.25) is 0 Å². The van der Waals surface area contributed by atoms with E-state index < -0.39 is 0 Å². The zero-order valence-corrected chi connectivity index (χ0v) is 12.4. The second-order valence-corrected chi connectivity index (χ2v) is 5.74. The van der Waals surface area contributed by atoms with Crippen LogP contribution in [0.5, 0.6) is 11.5 Å². The minimum Gasteiger partial charge on any atom is -0.504 e. The van der Waals surface area contributed by atoms with E-state index in [2.05, 4.69) is 29.6 Å². The van der Waals surface area contributed by atoms with Crippen molar-refractivity contribution in [3.63, 3.8) is 0 Å². The van der Waals surface area contributed by atoms with Gasteiger partial charge in [-0.05, 0) is 47.2 Å². The van der Waals surface area contributed by atoms with Gasteiger partial charge in [-0.15, -0.1) is 12.4 Å². The van der Waals surface area contributed by atoms with Gasteiger partial charge in [-0.3, -0.25) is 0 Å². The standard InChI is InChI=1S/C17H17NO2.CH4.ClH/c19-15-7-10-5-6-14-17(13(10)8-16(15)20)12-4-2-1-3-11(12)9-18-14;;/h1-4,7-8,14,17-20H,5-6,9H2;1H4;1H/t14-,17-;;/m1../s1. The minimum atomic E-state index is -0.0209. The highest BCUT2D eigenvalue weighted by Crippen LogP contribution is 2.43. The molecule has 22 heavy (non-hydrogen) atoms. The maximum Gasteiger partial charge on any atom is 0.157 e. The number of hydrogen-bond acceptors (Lipinski definition) is 3. The molecule has 0 amide bonds. The molecule has 0 unspecified atom stereocenters. The molecule has 4 rings (SSSR count). The Labute approximate surface area is 137 Å². The number of rotatable bonds is 0. The van der Waals surface area contributed by atoms with E-state index in [1.165, 1.54) is 11.1 Å². The van der Waals surface area contributed by atoms with Gasteiger partial charge in [0.15, 0.2) is 11.5 Å². The van der Waals surface area contributed by atoms with Gasteiger partial charge in [-0.1, -0.05) is 31.7 Å². The van der Waals surface area contributed by atoms with Crippen LogP contribution in [-0.4, -0.2) is 16.3 Å². The summed E-state index contributed by atoms with van der Waals surface area (Å²) in [6.07, 6.45) is 2.01. The summed E-state index contributed by atoms with van der Waals surface area (Å²) in [7, 11) is 0. The van der Waals surface area contributed by atoms with E-state index in [0.717, 1.165) is 30.5 Å². The maximum atomic E-state index is 9.84. The first-order valence-electron chi connectivity index (χ1n) is 7.10. The van der Waals surface area contributed by atoms with Crippen LogP contribution in [0.25, 0.3) is 0 Å². The fourth-order valence-electron chi connectivity index (χ4n) is 3.68. The predicted octanol–water partition coefficient (Wildman–Crippen LogP) is 3.71. The fraction of sp³-hybridized carbons (Fsp3) is 0.333. The molecule has 2 aromatic rings. The molecule has 0 fully saturated rings. The van der Waals surface area contributed by atoms with Crippen LogP contribution < -0.4 is 5.32 Å². The Morgan fingerprint density at radius 1 is 0.955 bits per heavy atom. The van der Waals surface area contributed by atoms with Crippen LogP contribution in [0, 0.1) is 0 Å². The summed E-state index contributed by atoms with van der Waals surface area (Å²) >= 11 is 0. The molecule has 118 valence electrons. The number of benzene rings is 2. The van der Waals surface area contributed by atoms with Gasteiger partial charge in [-0.25, -0.2) is 0 Å². The van der Waals surface area contributed by atoms with Crippen LogP contribution in [0.1, 0.15) is 42.0 Å². The molecule has 1 aliphatic carbocycles. The molecule has 0 radical (unpaired) electrons. The molecule has 0 bridgehead atoms. The first-order valence-corrected chi connectivity index (χ1v) is 7.10. The molecule has 2 aliphatic rings. The summed E-state index contributed by atoms with van der Waals surface area (Å²) in [5, 5.41) is 23.2. The summed E-state index contributed by atoms with van der Waals surface area (Å²) in [5.74, 6) is 0.238. The number of fused-ring (bicyclic) bond motifs is 5. The molecule has 0 aromatic heterocycles. The monoisotopic (exact) mass is 319 g/mol. The molecule has 4 heteroatoms. The van der Waals surface area contributed by atoms with E-state index in [1.807, 2.05) is 0 Å². The highest BCUT2D eigenvalue weighted by Gasteiger charge is 2.35. The number of aryl methyl sites for hydroxylation is 1. The van der Waals surface area contributed by atoms with Crippen molar-refractivity contribution >= 4 is 12.4 Å². The van der Waals surface area contributed by atoms with E-state index in [9.17, 15) is 10.2 Å². The van der Waals surface area contributed by atoms with Gasteiger partial charge >= 0.3 is 0 Å². The molecular formula is C18H22ClNO2. The van der Waals surface area contributed by atoms with Crippen LogP contribution >= 0.6 is 12.4 Å². The molecule has 0 saturated carbocycles. The number of hydrogen-bond donors (Lipinski definition) is 3. The van der Waals surface area contributed by atoms with Gasteiger partial charge in [0, 0.05) is 18.5 Å². The Kier molecular flexibility index (Phi) is 4.69. The van der Waals surface area contributed by atoms with Crippen molar-refractivity contribution in [1.82, 2.24) is 5.32 Å². The molecule has 0 saturated heterocycles. The molecule has 1 aliphatic heterocycles. The fourth-order valence-corrected chi connectivity index (χ4v) is 3.68. The lowest BCUT2D eigenvalue weighted by Crippen LogP contribution is -2.42. The summed E-state index contributed by atoms with van der Waals surface area (Å²) in [4.78, 5) is 0. The number of phenolic OH excluding ortho intramolecular Hbond substituents is 2. The quantitative estimate of drug-likeness (QED) is 0.649. The lowest BCUT2D eigenvalue weighted by atomic mass is 9.72. The van der Waals surface area contributed by atoms with Gasteiger partial charge in [0.25, 0.3) is 0 Å². The van der Waals surface area contributed by atoms with Crippen LogP contribution in [0.4, 0.5) is 0 Å². The Morgan fingerprint density at radius 3 is 2.50 bits per heavy atom. The maximum absolute atomic E-state index is 9.84. The SMILES string of the molecule is C.Cl.Oc1cc2c(cc1O)[C@H]1c3ccccc3CN[C@@H]1CC2. The van der Waals surface area contributed by atoms with Crippen LogP contribution in [-0.2, 0) is 13.0 Å². The predicted molar refractivity (Wildman–Crippen MR) is 91.0 cm³/mol. The lowest BCUT2D eigenvalue weighted by molar-refractivity contribution is 0.380. The minimum absolute atomic E-state index is 0. The van der Waals surface area contributed by atoms with Crippen LogP contribution in [0.3, 0.4) is 0 Å². The third kappa shape index (κ3) is 2.44. The summed E-state index contributed by atoms with van der Waals surface area (Å²) in [6.45, 7) is 0.913. The number of aromatic hydroxyl groups is 2. The van der Waals surface area contributed by atoms with Gasteiger partial charge in [0.1, 0.15) is 0 Å². The van der Waals surface area contributed by atoms with Crippen LogP contribution in [0.15, 0.2) is 36.4 Å². The summed E-state index contributed by atoms with van der Waals surface area (Å²) in [6, 6.07) is 12.4. The Bertz CT molecular complexity index is 687. The van der Waals surface area contributed by atoms with E-state index in [-0.39, 0.29) is 37.3 Å². The third-order valence-corrected chi connectivity index (χ3v) is 4.64. The zero-order chi connectivity index (χ0) is 13.7. The summed E-state index contributed by atoms with van der Waals surface area (Å²) in [5.41, 5.74) is 4.98. The van der Waals surface area contributed by atoms with Crippen molar-refractivity contribution in [3.8, 4) is 11.5 Å². The van der Waals surface area contributed by atoms with E-state index in [1.54, 1.807) is 12.1 Å². The van der Waals surface area contributed by atoms with E-state index in [4.69, 9.17) is 0 Å². The second-order valence-electron chi connectivity index (χ2n) is 5.74. The summed E-state index contributed by atoms with van der Waals surface area (Å²) < 4.78 is 0. The topological polar surface area (TPSA) is 52.5 Å². The Balaban J connectivity index is 0.000000882. The van der Waals surface area contributed by atoms with Crippen molar-refractivity contribution in [2.75, 3.05) is 0 Å². The highest BCUT2D eigenvalue weighted by molar-refractivity contribution is 5.85. The molecule has 3 nitrogen and oxygen atoms in total. The van der Waals surface area contributed by atoms with Gasteiger partial charge < -0.3 is 15.5 Å². The first kappa shape index (κ1) is 16.7. The van der Waals surface area contributed by atoms with Crippen molar-refractivity contribution in [2.24, 2.45) is 0 Å². The Hall–Kier alpha value is -1.71. The molecule has 1 heterocycles. The van der Waals surface area contributed by atoms with E-state index >= 15 is 0 Å². The molecule has 0 spiro atoms. The second kappa shape index (κ2) is 6.19. The van der Waals surface area contributed by atoms with Gasteiger partial charge in [0.2, 0.25) is 0 Å². The van der Waals surface area contributed by atoms with Crippen molar-refractivity contribution < 1.29 is 10.2 Å². The number of phenols is 2. The number of halogens is 1. The molecule has 3 N–H and O–H groups in total. The van der Waals surface area contributed by atoms with E-state index in [0.29, 0.717) is 6.04 Å².